The van der Waals surface area contributed by atoms with Crippen molar-refractivity contribution in [2.75, 3.05) is 6.54 Å². The summed E-state index contributed by atoms with van der Waals surface area (Å²) in [4.78, 5) is 12.7. The Morgan fingerprint density at radius 3 is 2.45 bits per heavy atom. The Kier molecular flexibility index (Phi) is 5.18. The van der Waals surface area contributed by atoms with Crippen LogP contribution in [0.4, 0.5) is 0 Å². The molecule has 0 spiro atoms. The Morgan fingerprint density at radius 2 is 1.90 bits per heavy atom. The number of benzene rings is 1. The third kappa shape index (κ3) is 3.21. The monoisotopic (exact) mass is 274 g/mol. The first kappa shape index (κ1) is 15.0. The number of carbonyl (C=O) groups excluding carboxylic acids is 1. The number of amides is 1. The van der Waals surface area contributed by atoms with Gasteiger partial charge in [0.05, 0.1) is 11.5 Å². The fraction of sp³-hybridized carbons (Fsp3) is 0.588. The van der Waals surface area contributed by atoms with E-state index in [0.717, 1.165) is 32.1 Å². The van der Waals surface area contributed by atoms with Crippen LogP contribution in [0.15, 0.2) is 30.3 Å². The highest BCUT2D eigenvalue weighted by Gasteiger charge is 2.38. The van der Waals surface area contributed by atoms with Gasteiger partial charge in [0, 0.05) is 6.54 Å². The molecule has 1 saturated carbocycles. The molecule has 0 heterocycles. The summed E-state index contributed by atoms with van der Waals surface area (Å²) < 4.78 is 0. The maximum absolute atomic E-state index is 12.7. The predicted octanol–water partition coefficient (Wildman–Crippen LogP) is 3.16. The molecule has 110 valence electrons. The van der Waals surface area contributed by atoms with Gasteiger partial charge in [0.2, 0.25) is 5.91 Å². The van der Waals surface area contributed by atoms with Gasteiger partial charge in [-0.25, -0.2) is 0 Å². The van der Waals surface area contributed by atoms with Crippen LogP contribution in [-0.2, 0) is 4.79 Å². The summed E-state index contributed by atoms with van der Waals surface area (Å²) in [5.74, 6) is 0.149. The third-order valence-corrected chi connectivity index (χ3v) is 4.60. The van der Waals surface area contributed by atoms with Crippen LogP contribution < -0.4 is 11.1 Å². The van der Waals surface area contributed by atoms with Gasteiger partial charge in [-0.2, -0.15) is 0 Å². The normalized spacial score (nSPS) is 19.3. The lowest BCUT2D eigenvalue weighted by molar-refractivity contribution is -0.133. The van der Waals surface area contributed by atoms with Gasteiger partial charge in [0.15, 0.2) is 0 Å². The van der Waals surface area contributed by atoms with Gasteiger partial charge < -0.3 is 11.1 Å². The first-order valence-corrected chi connectivity index (χ1v) is 7.78. The fourth-order valence-electron chi connectivity index (χ4n) is 3.17. The van der Waals surface area contributed by atoms with Gasteiger partial charge in [-0.05, 0) is 24.8 Å². The lowest BCUT2D eigenvalue weighted by Crippen LogP contribution is -2.48. The van der Waals surface area contributed by atoms with E-state index in [-0.39, 0.29) is 17.4 Å². The van der Waals surface area contributed by atoms with Gasteiger partial charge in [-0.15, -0.1) is 0 Å². The van der Waals surface area contributed by atoms with Crippen LogP contribution in [0.25, 0.3) is 0 Å². The van der Waals surface area contributed by atoms with Crippen molar-refractivity contribution in [1.29, 1.82) is 0 Å². The predicted molar refractivity (Wildman–Crippen MR) is 82.2 cm³/mol. The number of hydrogen-bond acceptors (Lipinski definition) is 2. The topological polar surface area (TPSA) is 55.1 Å². The average Bonchev–Trinajstić information content (AvgIpc) is 2.53. The molecule has 20 heavy (non-hydrogen) atoms. The number of nitrogens with one attached hydrogen (secondary N) is 1. The standard InChI is InChI=1S/C17H26N2O/c1-2-15(14-9-5-3-6-10-14)19-16(20)17(13-18)11-7-4-8-12-17/h3,5-6,9-10,15H,2,4,7-8,11-13,18H2,1H3,(H,19,20). The molecule has 1 amide bonds. The average molecular weight is 274 g/mol. The van der Waals surface area contributed by atoms with Crippen molar-refractivity contribution in [3.8, 4) is 0 Å². The van der Waals surface area contributed by atoms with E-state index >= 15 is 0 Å². The molecule has 0 radical (unpaired) electrons. The number of carbonyl (C=O) groups is 1. The third-order valence-electron chi connectivity index (χ3n) is 4.60. The van der Waals surface area contributed by atoms with Gasteiger partial charge in [0.25, 0.3) is 0 Å². The lowest BCUT2D eigenvalue weighted by Gasteiger charge is -2.36. The van der Waals surface area contributed by atoms with Crippen LogP contribution in [0, 0.1) is 5.41 Å². The molecule has 1 atom stereocenters. The Hall–Kier alpha value is -1.35. The Labute approximate surface area is 121 Å². The fourth-order valence-corrected chi connectivity index (χ4v) is 3.17. The van der Waals surface area contributed by atoms with Crippen LogP contribution in [0.1, 0.15) is 57.1 Å². The molecular weight excluding hydrogens is 248 g/mol. The maximum atomic E-state index is 12.7. The number of hydrogen-bond donors (Lipinski definition) is 2. The number of nitrogens with two attached hydrogens (primary N) is 1. The van der Waals surface area contributed by atoms with Crippen LogP contribution >= 0.6 is 0 Å². The Morgan fingerprint density at radius 1 is 1.25 bits per heavy atom. The smallest absolute Gasteiger partial charge is 0.227 e. The molecule has 2 rings (SSSR count). The zero-order chi connectivity index (χ0) is 14.4. The van der Waals surface area contributed by atoms with Crippen LogP contribution in [0.2, 0.25) is 0 Å². The summed E-state index contributed by atoms with van der Waals surface area (Å²) in [6.07, 6.45) is 6.22. The zero-order valence-corrected chi connectivity index (χ0v) is 12.4. The van der Waals surface area contributed by atoms with Gasteiger partial charge in [0.1, 0.15) is 0 Å². The minimum atomic E-state index is -0.333. The minimum Gasteiger partial charge on any atom is -0.349 e. The molecule has 0 saturated heterocycles. The minimum absolute atomic E-state index is 0.0917. The van der Waals surface area contributed by atoms with Crippen LogP contribution in [-0.4, -0.2) is 12.5 Å². The second kappa shape index (κ2) is 6.89. The quantitative estimate of drug-likeness (QED) is 0.866. The van der Waals surface area contributed by atoms with Gasteiger partial charge in [-0.3, -0.25) is 4.79 Å². The molecule has 0 bridgehead atoms. The molecule has 1 aromatic carbocycles. The zero-order valence-electron chi connectivity index (χ0n) is 12.4. The van der Waals surface area contributed by atoms with E-state index in [1.54, 1.807) is 0 Å². The highest BCUT2D eigenvalue weighted by molar-refractivity contribution is 5.83. The second-order valence-electron chi connectivity index (χ2n) is 5.89. The SMILES string of the molecule is CCC(NC(=O)C1(CN)CCCCC1)c1ccccc1. The van der Waals surface area contributed by atoms with Crippen molar-refractivity contribution >= 4 is 5.91 Å². The van der Waals surface area contributed by atoms with Crippen molar-refractivity contribution in [3.05, 3.63) is 35.9 Å². The van der Waals surface area contributed by atoms with E-state index in [0.29, 0.717) is 6.54 Å². The molecule has 1 aromatic rings. The van der Waals surface area contributed by atoms with E-state index in [4.69, 9.17) is 5.73 Å². The Bertz CT molecular complexity index is 424. The maximum Gasteiger partial charge on any atom is 0.227 e. The molecule has 3 heteroatoms. The van der Waals surface area contributed by atoms with E-state index in [1.807, 2.05) is 18.2 Å². The summed E-state index contributed by atoms with van der Waals surface area (Å²) >= 11 is 0. The highest BCUT2D eigenvalue weighted by Crippen LogP contribution is 2.36. The molecule has 1 aliphatic rings. The molecule has 1 aliphatic carbocycles. The molecule has 0 aromatic heterocycles. The summed E-state index contributed by atoms with van der Waals surface area (Å²) in [7, 11) is 0. The van der Waals surface area contributed by atoms with E-state index in [2.05, 4.69) is 24.4 Å². The van der Waals surface area contributed by atoms with Gasteiger partial charge >= 0.3 is 0 Å². The second-order valence-corrected chi connectivity index (χ2v) is 5.89. The van der Waals surface area contributed by atoms with E-state index in [1.165, 1.54) is 12.0 Å². The highest BCUT2D eigenvalue weighted by atomic mass is 16.2. The summed E-state index contributed by atoms with van der Waals surface area (Å²) in [6.45, 7) is 2.57. The van der Waals surface area contributed by atoms with Crippen LogP contribution in [0.5, 0.6) is 0 Å². The van der Waals surface area contributed by atoms with E-state index < -0.39 is 0 Å². The first-order valence-electron chi connectivity index (χ1n) is 7.78. The molecule has 3 N–H and O–H groups in total. The molecule has 1 unspecified atom stereocenters. The Balaban J connectivity index is 2.08. The van der Waals surface area contributed by atoms with Crippen molar-refractivity contribution in [3.63, 3.8) is 0 Å². The molecule has 1 fully saturated rings. The summed E-state index contributed by atoms with van der Waals surface area (Å²) in [5, 5.41) is 3.23. The van der Waals surface area contributed by atoms with Gasteiger partial charge in [-0.1, -0.05) is 56.5 Å². The van der Waals surface area contributed by atoms with Crippen molar-refractivity contribution < 1.29 is 4.79 Å². The molecule has 0 aliphatic heterocycles. The van der Waals surface area contributed by atoms with Crippen molar-refractivity contribution in [2.24, 2.45) is 11.1 Å². The molecule has 3 nitrogen and oxygen atoms in total. The first-order chi connectivity index (χ1) is 9.72. The van der Waals surface area contributed by atoms with Crippen LogP contribution in [0.3, 0.4) is 0 Å². The summed E-state index contributed by atoms with van der Waals surface area (Å²) in [5.41, 5.74) is 6.77. The van der Waals surface area contributed by atoms with Crippen molar-refractivity contribution in [2.45, 2.75) is 51.5 Å². The van der Waals surface area contributed by atoms with E-state index in [9.17, 15) is 4.79 Å². The van der Waals surface area contributed by atoms with Crippen molar-refractivity contribution in [1.82, 2.24) is 5.32 Å². The largest absolute Gasteiger partial charge is 0.349 e. The molecular formula is C17H26N2O. The lowest BCUT2D eigenvalue weighted by atomic mass is 9.73. The summed E-state index contributed by atoms with van der Waals surface area (Å²) in [6, 6.07) is 10.3. The number of rotatable bonds is 5.